The number of nitrogens with zero attached hydrogens (tertiary/aromatic N) is 1. The van der Waals surface area contributed by atoms with Gasteiger partial charge in [-0.05, 0) is 48.1 Å². The van der Waals surface area contributed by atoms with E-state index in [0.717, 1.165) is 10.9 Å². The molecular weight excluding hydrogens is 319 g/mol. The summed E-state index contributed by atoms with van der Waals surface area (Å²) in [5, 5.41) is 12.5. The van der Waals surface area contributed by atoms with Gasteiger partial charge in [0.15, 0.2) is 0 Å². The highest BCUT2D eigenvalue weighted by Gasteiger charge is 2.19. The van der Waals surface area contributed by atoms with Crippen molar-refractivity contribution >= 4 is 34.5 Å². The number of halogens is 1. The van der Waals surface area contributed by atoms with Crippen LogP contribution in [0.3, 0.4) is 0 Å². The second-order valence-electron chi connectivity index (χ2n) is 5.20. The first-order valence-corrected chi connectivity index (χ1v) is 8.66. The van der Waals surface area contributed by atoms with Crippen LogP contribution in [-0.2, 0) is 16.1 Å². The highest BCUT2D eigenvalue weighted by atomic mass is 32.2. The summed E-state index contributed by atoms with van der Waals surface area (Å²) in [6.45, 7) is 0.369. The van der Waals surface area contributed by atoms with Gasteiger partial charge in [0.05, 0.1) is 5.52 Å². The number of thioether (sulfide) groups is 1. The molecule has 0 unspecified atom stereocenters. The Balaban J connectivity index is 1.94. The fourth-order valence-corrected chi connectivity index (χ4v) is 2.81. The van der Waals surface area contributed by atoms with Gasteiger partial charge in [0.25, 0.3) is 0 Å². The molecule has 0 radical (unpaired) electrons. The lowest BCUT2D eigenvalue weighted by Crippen LogP contribution is -2.41. The Morgan fingerprint density at radius 3 is 2.87 bits per heavy atom. The molecule has 5 nitrogen and oxygen atoms in total. The molecule has 0 fully saturated rings. The summed E-state index contributed by atoms with van der Waals surface area (Å²) in [4.78, 5) is 23.1. The van der Waals surface area contributed by atoms with Gasteiger partial charge in [-0.15, -0.1) is 0 Å². The number of benzene rings is 1. The quantitative estimate of drug-likeness (QED) is 0.776. The van der Waals surface area contributed by atoms with E-state index in [1.807, 2.05) is 12.3 Å². The summed E-state index contributed by atoms with van der Waals surface area (Å²) in [6.07, 6.45) is 4.21. The Kier molecular flexibility index (Phi) is 6.04. The van der Waals surface area contributed by atoms with Gasteiger partial charge < -0.3 is 15.0 Å². The van der Waals surface area contributed by atoms with E-state index in [0.29, 0.717) is 18.7 Å². The van der Waals surface area contributed by atoms with E-state index in [-0.39, 0.29) is 18.1 Å². The third-order valence-corrected chi connectivity index (χ3v) is 4.20. The van der Waals surface area contributed by atoms with Gasteiger partial charge >= 0.3 is 5.97 Å². The number of carboxylic acid groups (broad SMARTS) is 1. The topological polar surface area (TPSA) is 71.3 Å². The molecule has 0 aliphatic heterocycles. The fourth-order valence-electron chi connectivity index (χ4n) is 2.33. The second kappa shape index (κ2) is 8.01. The van der Waals surface area contributed by atoms with E-state index < -0.39 is 12.0 Å². The smallest absolute Gasteiger partial charge is 0.326 e. The predicted molar refractivity (Wildman–Crippen MR) is 89.1 cm³/mol. The summed E-state index contributed by atoms with van der Waals surface area (Å²) in [5.41, 5.74) is 0.718. The van der Waals surface area contributed by atoms with Crippen LogP contribution in [0.5, 0.6) is 0 Å². The molecule has 0 bridgehead atoms. The van der Waals surface area contributed by atoms with Crippen molar-refractivity contribution in [2.24, 2.45) is 0 Å². The largest absolute Gasteiger partial charge is 0.480 e. The van der Waals surface area contributed by atoms with E-state index in [4.69, 9.17) is 5.11 Å². The van der Waals surface area contributed by atoms with E-state index in [2.05, 4.69) is 5.32 Å². The first-order valence-electron chi connectivity index (χ1n) is 7.26. The number of carbonyl (C=O) groups excluding carboxylic acids is 1. The molecule has 1 aromatic carbocycles. The van der Waals surface area contributed by atoms with Gasteiger partial charge in [-0.2, -0.15) is 11.8 Å². The Morgan fingerprint density at radius 2 is 2.17 bits per heavy atom. The zero-order chi connectivity index (χ0) is 16.8. The zero-order valence-corrected chi connectivity index (χ0v) is 13.6. The third-order valence-electron chi connectivity index (χ3n) is 3.56. The monoisotopic (exact) mass is 338 g/mol. The molecule has 0 saturated carbocycles. The average Bonchev–Trinajstić information content (AvgIpc) is 2.91. The standard InChI is InChI=1S/C16H19FN2O3S/c1-23-9-6-13(16(21)22)18-15(20)5-8-19-7-4-11-2-3-12(17)10-14(11)19/h2-4,7,10,13H,5-6,8-9H2,1H3,(H,18,20)(H,21,22)/t13-/m0/s1. The van der Waals surface area contributed by atoms with E-state index in [9.17, 15) is 14.0 Å². The van der Waals surface area contributed by atoms with Gasteiger partial charge in [0.2, 0.25) is 5.91 Å². The number of hydrogen-bond acceptors (Lipinski definition) is 3. The van der Waals surface area contributed by atoms with Crippen LogP contribution in [0.25, 0.3) is 10.9 Å². The lowest BCUT2D eigenvalue weighted by Gasteiger charge is -2.14. The molecule has 0 aliphatic carbocycles. The molecule has 0 spiro atoms. The van der Waals surface area contributed by atoms with Gasteiger partial charge in [0.1, 0.15) is 11.9 Å². The summed E-state index contributed by atoms with van der Waals surface area (Å²) >= 11 is 1.53. The SMILES string of the molecule is CSCC[C@H](NC(=O)CCn1ccc2ccc(F)cc21)C(=O)O. The molecule has 1 atom stereocenters. The minimum atomic E-state index is -1.03. The lowest BCUT2D eigenvalue weighted by molar-refractivity contribution is -0.141. The fraction of sp³-hybridized carbons (Fsp3) is 0.375. The molecule has 2 rings (SSSR count). The van der Waals surface area contributed by atoms with Crippen molar-refractivity contribution in [2.45, 2.75) is 25.4 Å². The second-order valence-corrected chi connectivity index (χ2v) is 6.19. The Morgan fingerprint density at radius 1 is 1.39 bits per heavy atom. The number of aryl methyl sites for hydroxylation is 1. The van der Waals surface area contributed by atoms with Crippen LogP contribution >= 0.6 is 11.8 Å². The Labute approximate surface area is 137 Å². The first-order chi connectivity index (χ1) is 11.0. The van der Waals surface area contributed by atoms with Crippen molar-refractivity contribution in [3.05, 3.63) is 36.3 Å². The predicted octanol–water partition coefficient (Wildman–Crippen LogP) is 2.49. The highest BCUT2D eigenvalue weighted by Crippen LogP contribution is 2.17. The van der Waals surface area contributed by atoms with Crippen LogP contribution in [0, 0.1) is 5.82 Å². The van der Waals surface area contributed by atoms with E-state index >= 15 is 0 Å². The van der Waals surface area contributed by atoms with Crippen LogP contribution in [0.15, 0.2) is 30.5 Å². The molecule has 2 N–H and O–H groups in total. The zero-order valence-electron chi connectivity index (χ0n) is 12.8. The van der Waals surface area contributed by atoms with E-state index in [1.165, 1.54) is 23.9 Å². The van der Waals surface area contributed by atoms with Crippen LogP contribution in [0.1, 0.15) is 12.8 Å². The summed E-state index contributed by atoms with van der Waals surface area (Å²) in [6, 6.07) is 5.48. The number of fused-ring (bicyclic) bond motifs is 1. The van der Waals surface area contributed by atoms with Gasteiger partial charge in [0, 0.05) is 19.2 Å². The number of carboxylic acids is 1. The lowest BCUT2D eigenvalue weighted by atomic mass is 10.2. The van der Waals surface area contributed by atoms with Crippen molar-refractivity contribution < 1.29 is 19.1 Å². The molecular formula is C16H19FN2O3S. The van der Waals surface area contributed by atoms with Crippen LogP contribution in [0.4, 0.5) is 4.39 Å². The van der Waals surface area contributed by atoms with Gasteiger partial charge in [-0.3, -0.25) is 4.79 Å². The van der Waals surface area contributed by atoms with Crippen molar-refractivity contribution in [2.75, 3.05) is 12.0 Å². The average molecular weight is 338 g/mol. The molecule has 1 amide bonds. The number of hydrogen-bond donors (Lipinski definition) is 2. The minimum Gasteiger partial charge on any atom is -0.480 e. The summed E-state index contributed by atoms with van der Waals surface area (Å²) < 4.78 is 15.1. The summed E-state index contributed by atoms with van der Waals surface area (Å²) in [5.74, 6) is -1.01. The number of aliphatic carboxylic acids is 1. The molecule has 2 aromatic rings. The molecule has 7 heteroatoms. The number of aromatic nitrogens is 1. The van der Waals surface area contributed by atoms with Gasteiger partial charge in [-0.1, -0.05) is 0 Å². The normalized spacial score (nSPS) is 12.3. The summed E-state index contributed by atoms with van der Waals surface area (Å²) in [7, 11) is 0. The maximum atomic E-state index is 13.3. The van der Waals surface area contributed by atoms with E-state index in [1.54, 1.807) is 16.8 Å². The molecule has 124 valence electrons. The minimum absolute atomic E-state index is 0.142. The molecule has 1 heterocycles. The molecule has 0 saturated heterocycles. The highest BCUT2D eigenvalue weighted by molar-refractivity contribution is 7.98. The van der Waals surface area contributed by atoms with Crippen molar-refractivity contribution in [1.82, 2.24) is 9.88 Å². The first kappa shape index (κ1) is 17.3. The van der Waals surface area contributed by atoms with Crippen molar-refractivity contribution in [1.29, 1.82) is 0 Å². The number of rotatable bonds is 8. The van der Waals surface area contributed by atoms with Crippen LogP contribution in [0.2, 0.25) is 0 Å². The number of amides is 1. The molecule has 23 heavy (non-hydrogen) atoms. The van der Waals surface area contributed by atoms with Gasteiger partial charge in [-0.25, -0.2) is 9.18 Å². The Bertz CT molecular complexity index is 702. The Hall–Kier alpha value is -2.02. The maximum Gasteiger partial charge on any atom is 0.326 e. The van der Waals surface area contributed by atoms with Crippen molar-refractivity contribution in [3.63, 3.8) is 0 Å². The van der Waals surface area contributed by atoms with Crippen LogP contribution in [-0.4, -0.2) is 39.6 Å². The van der Waals surface area contributed by atoms with Crippen LogP contribution < -0.4 is 5.32 Å². The maximum absolute atomic E-state index is 13.3. The molecule has 1 aromatic heterocycles. The third kappa shape index (κ3) is 4.72. The number of nitrogens with one attached hydrogen (secondary N) is 1. The van der Waals surface area contributed by atoms with Crippen molar-refractivity contribution in [3.8, 4) is 0 Å². The molecule has 0 aliphatic rings. The number of carbonyl (C=O) groups is 2.